The van der Waals surface area contributed by atoms with E-state index in [1.54, 1.807) is 0 Å². The van der Waals surface area contributed by atoms with Gasteiger partial charge in [0.15, 0.2) is 0 Å². The summed E-state index contributed by atoms with van der Waals surface area (Å²) in [6, 6.07) is 6.36. The van der Waals surface area contributed by atoms with Crippen molar-refractivity contribution in [2.45, 2.75) is 52.2 Å². The Morgan fingerprint density at radius 1 is 1.19 bits per heavy atom. The average molecular weight is 313 g/mol. The number of rotatable bonds is 4. The van der Waals surface area contributed by atoms with Gasteiger partial charge in [0.2, 0.25) is 0 Å². The molecule has 0 atom stereocenters. The van der Waals surface area contributed by atoms with E-state index in [1.165, 1.54) is 11.1 Å². The molecule has 0 spiro atoms. The summed E-state index contributed by atoms with van der Waals surface area (Å²) in [6.45, 7) is 11.6. The maximum atomic E-state index is 6.11. The van der Waals surface area contributed by atoms with Crippen molar-refractivity contribution in [1.29, 1.82) is 0 Å². The molecule has 2 rings (SSSR count). The van der Waals surface area contributed by atoms with Crippen LogP contribution in [0.1, 0.15) is 37.8 Å². The van der Waals surface area contributed by atoms with Crippen molar-refractivity contribution in [3.8, 4) is 5.75 Å². The zero-order valence-corrected chi connectivity index (χ0v) is 14.5. The minimum atomic E-state index is -0.109. The summed E-state index contributed by atoms with van der Waals surface area (Å²) in [5, 5.41) is 0. The zero-order valence-electron chi connectivity index (χ0n) is 13.7. The second kappa shape index (κ2) is 7.48. The van der Waals surface area contributed by atoms with Gasteiger partial charge in [-0.2, -0.15) is 0 Å². The molecule has 3 nitrogen and oxygen atoms in total. The van der Waals surface area contributed by atoms with Crippen molar-refractivity contribution in [3.63, 3.8) is 0 Å². The Bertz CT molecular complexity index is 449. The quantitative estimate of drug-likeness (QED) is 0.927. The van der Waals surface area contributed by atoms with Gasteiger partial charge in [0.05, 0.1) is 0 Å². The Morgan fingerprint density at radius 3 is 2.33 bits per heavy atom. The molecule has 21 heavy (non-hydrogen) atoms. The first-order chi connectivity index (χ1) is 9.33. The predicted octanol–water partition coefficient (Wildman–Crippen LogP) is 3.31. The lowest BCUT2D eigenvalue weighted by atomic mass is 10.0. The lowest BCUT2D eigenvalue weighted by molar-refractivity contribution is 0.0903. The van der Waals surface area contributed by atoms with Gasteiger partial charge < -0.3 is 15.4 Å². The third kappa shape index (κ3) is 5.85. The molecule has 1 aromatic carbocycles. The molecule has 0 aliphatic carbocycles. The fraction of sp³-hybridized carbons (Fsp3) is 0.647. The first-order valence-corrected chi connectivity index (χ1v) is 7.59. The van der Waals surface area contributed by atoms with Crippen molar-refractivity contribution < 1.29 is 4.74 Å². The van der Waals surface area contributed by atoms with Gasteiger partial charge in [-0.05, 0) is 63.8 Å². The molecule has 0 amide bonds. The number of halogens is 1. The van der Waals surface area contributed by atoms with Crippen molar-refractivity contribution in [2.75, 3.05) is 19.6 Å². The normalized spacial score (nSPS) is 17.4. The zero-order chi connectivity index (χ0) is 14.8. The molecule has 1 aromatic rings. The summed E-state index contributed by atoms with van der Waals surface area (Å²) >= 11 is 0. The van der Waals surface area contributed by atoms with Crippen LogP contribution in [0.15, 0.2) is 18.2 Å². The fourth-order valence-electron chi connectivity index (χ4n) is 2.74. The molecular weight excluding hydrogens is 284 g/mol. The van der Waals surface area contributed by atoms with Crippen LogP contribution in [-0.2, 0) is 0 Å². The van der Waals surface area contributed by atoms with Gasteiger partial charge in [-0.3, -0.25) is 0 Å². The number of nitrogens with two attached hydrogens (primary N) is 1. The number of hydrogen-bond donors (Lipinski definition) is 1. The van der Waals surface area contributed by atoms with Gasteiger partial charge >= 0.3 is 0 Å². The van der Waals surface area contributed by atoms with Crippen LogP contribution >= 0.6 is 12.4 Å². The van der Waals surface area contributed by atoms with Gasteiger partial charge in [0.25, 0.3) is 0 Å². The lowest BCUT2D eigenvalue weighted by Gasteiger charge is -2.35. The molecule has 2 N–H and O–H groups in total. The second-order valence-electron chi connectivity index (χ2n) is 6.83. The van der Waals surface area contributed by atoms with Gasteiger partial charge in [-0.15, -0.1) is 12.4 Å². The maximum absolute atomic E-state index is 6.11. The first kappa shape index (κ1) is 18.3. The molecule has 1 saturated heterocycles. The molecule has 120 valence electrons. The van der Waals surface area contributed by atoms with Gasteiger partial charge in [0.1, 0.15) is 11.9 Å². The number of nitrogens with zero attached hydrogens (tertiary/aromatic N) is 1. The average Bonchev–Trinajstić information content (AvgIpc) is 2.35. The minimum Gasteiger partial charge on any atom is -0.490 e. The van der Waals surface area contributed by atoms with Crippen LogP contribution in [0.3, 0.4) is 0 Å². The maximum Gasteiger partial charge on any atom is 0.120 e. The standard InChI is InChI=1S/C17H28N2O.ClH/c1-13-5-6-16(11-14(13)2)20-15-7-9-19(10-8-15)12-17(3,4)18;/h5-6,11,15H,7-10,12,18H2,1-4H3;1H. The van der Waals surface area contributed by atoms with E-state index in [1.807, 2.05) is 0 Å². The molecule has 0 radical (unpaired) electrons. The molecule has 0 saturated carbocycles. The largest absolute Gasteiger partial charge is 0.490 e. The Morgan fingerprint density at radius 2 is 1.81 bits per heavy atom. The summed E-state index contributed by atoms with van der Waals surface area (Å²) in [4.78, 5) is 2.44. The van der Waals surface area contributed by atoms with Crippen LogP contribution in [-0.4, -0.2) is 36.2 Å². The van der Waals surface area contributed by atoms with E-state index in [4.69, 9.17) is 10.5 Å². The van der Waals surface area contributed by atoms with Crippen molar-refractivity contribution in [3.05, 3.63) is 29.3 Å². The molecule has 4 heteroatoms. The highest BCUT2D eigenvalue weighted by Crippen LogP contribution is 2.22. The van der Waals surface area contributed by atoms with Crippen molar-refractivity contribution in [2.24, 2.45) is 5.73 Å². The van der Waals surface area contributed by atoms with Crippen molar-refractivity contribution in [1.82, 2.24) is 4.90 Å². The minimum absolute atomic E-state index is 0. The lowest BCUT2D eigenvalue weighted by Crippen LogP contribution is -2.49. The summed E-state index contributed by atoms with van der Waals surface area (Å²) < 4.78 is 6.11. The van der Waals surface area contributed by atoms with Gasteiger partial charge in [0, 0.05) is 25.2 Å². The molecule has 0 unspecified atom stereocenters. The predicted molar refractivity (Wildman–Crippen MR) is 91.5 cm³/mol. The smallest absolute Gasteiger partial charge is 0.120 e. The van der Waals surface area contributed by atoms with Gasteiger partial charge in [-0.1, -0.05) is 6.07 Å². The van der Waals surface area contributed by atoms with E-state index < -0.39 is 0 Å². The topological polar surface area (TPSA) is 38.5 Å². The van der Waals surface area contributed by atoms with Crippen LogP contribution in [0.5, 0.6) is 5.75 Å². The van der Waals surface area contributed by atoms with Gasteiger partial charge in [-0.25, -0.2) is 0 Å². The summed E-state index contributed by atoms with van der Waals surface area (Å²) in [5.41, 5.74) is 8.59. The molecular formula is C17H29ClN2O. The van der Waals surface area contributed by atoms with E-state index in [0.717, 1.165) is 38.2 Å². The first-order valence-electron chi connectivity index (χ1n) is 7.59. The summed E-state index contributed by atoms with van der Waals surface area (Å²) in [5.74, 6) is 1.01. The number of benzene rings is 1. The van der Waals surface area contributed by atoms with Crippen molar-refractivity contribution >= 4 is 12.4 Å². The van der Waals surface area contributed by atoms with E-state index in [9.17, 15) is 0 Å². The molecule has 1 fully saturated rings. The SMILES string of the molecule is Cc1ccc(OC2CCN(CC(C)(C)N)CC2)cc1C.Cl. The number of likely N-dealkylation sites (tertiary alicyclic amines) is 1. The second-order valence-corrected chi connectivity index (χ2v) is 6.83. The monoisotopic (exact) mass is 312 g/mol. The number of piperidine rings is 1. The molecule has 1 aliphatic rings. The highest BCUT2D eigenvalue weighted by atomic mass is 35.5. The van der Waals surface area contributed by atoms with Crippen LogP contribution in [0.2, 0.25) is 0 Å². The molecule has 1 heterocycles. The van der Waals surface area contributed by atoms with Crippen LogP contribution in [0.4, 0.5) is 0 Å². The van der Waals surface area contributed by atoms with Crippen LogP contribution < -0.4 is 10.5 Å². The van der Waals surface area contributed by atoms with E-state index in [-0.39, 0.29) is 17.9 Å². The van der Waals surface area contributed by atoms with E-state index in [0.29, 0.717) is 6.10 Å². The third-order valence-corrected chi connectivity index (χ3v) is 3.95. The Hall–Kier alpha value is -0.770. The molecule has 1 aliphatic heterocycles. The Kier molecular flexibility index (Phi) is 6.51. The molecule has 0 bridgehead atoms. The van der Waals surface area contributed by atoms with Crippen LogP contribution in [0, 0.1) is 13.8 Å². The molecule has 0 aromatic heterocycles. The number of ether oxygens (including phenoxy) is 1. The highest BCUT2D eigenvalue weighted by molar-refractivity contribution is 5.85. The Labute approximate surface area is 135 Å². The highest BCUT2D eigenvalue weighted by Gasteiger charge is 2.24. The Balaban J connectivity index is 0.00000220. The van der Waals surface area contributed by atoms with Crippen LogP contribution in [0.25, 0.3) is 0 Å². The summed E-state index contributed by atoms with van der Waals surface area (Å²) in [7, 11) is 0. The van der Waals surface area contributed by atoms with E-state index in [2.05, 4.69) is 50.8 Å². The van der Waals surface area contributed by atoms with E-state index >= 15 is 0 Å². The fourth-order valence-corrected chi connectivity index (χ4v) is 2.74. The number of aryl methyl sites for hydroxylation is 2. The third-order valence-electron chi connectivity index (χ3n) is 3.95. The summed E-state index contributed by atoms with van der Waals surface area (Å²) in [6.07, 6.45) is 2.51. The number of hydrogen-bond acceptors (Lipinski definition) is 3.